The van der Waals surface area contributed by atoms with Gasteiger partial charge in [0, 0.05) is 0 Å². The molecule has 0 aromatic heterocycles. The normalized spacial score (nSPS) is 11.5. The molecule has 1 heteroatoms. The molecular weight excluding hydrogens is 244 g/mol. The molecule has 0 nitrogen and oxygen atoms in total. The summed E-state index contributed by atoms with van der Waals surface area (Å²) in [5, 5.41) is 0. The van der Waals surface area contributed by atoms with Crippen molar-refractivity contribution in [2.75, 3.05) is 0 Å². The maximum absolute atomic E-state index is 4.11. The summed E-state index contributed by atoms with van der Waals surface area (Å²) in [4.78, 5) is 0. The Morgan fingerprint density at radius 3 is 1.47 bits per heavy atom. The second-order valence-electron chi connectivity index (χ2n) is 5.97. The quantitative estimate of drug-likeness (QED) is 0.242. The summed E-state index contributed by atoms with van der Waals surface area (Å²) in [7, 11) is -1.33. The molecule has 19 heavy (non-hydrogen) atoms. The lowest BCUT2D eigenvalue weighted by atomic mass is 10.1. The lowest BCUT2D eigenvalue weighted by molar-refractivity contribution is 0.600. The SMILES string of the molecule is C=C[Si](C=C)(CCCCC)CCCCCCCCC. The van der Waals surface area contributed by atoms with Crippen LogP contribution in [0.2, 0.25) is 12.1 Å². The van der Waals surface area contributed by atoms with Crippen LogP contribution in [0.4, 0.5) is 0 Å². The van der Waals surface area contributed by atoms with Gasteiger partial charge in [0.2, 0.25) is 0 Å². The molecule has 112 valence electrons. The smallest absolute Gasteiger partial charge is 0.100 e. The van der Waals surface area contributed by atoms with E-state index in [1.165, 1.54) is 76.3 Å². The molecular formula is C18H36Si. The van der Waals surface area contributed by atoms with Crippen molar-refractivity contribution in [2.45, 2.75) is 90.1 Å². The summed E-state index contributed by atoms with van der Waals surface area (Å²) < 4.78 is 0. The summed E-state index contributed by atoms with van der Waals surface area (Å²) in [5.74, 6) is 0. The molecule has 0 heterocycles. The van der Waals surface area contributed by atoms with Crippen LogP contribution in [0.1, 0.15) is 78.1 Å². The van der Waals surface area contributed by atoms with Gasteiger partial charge < -0.3 is 0 Å². The Labute approximate surface area is 123 Å². The van der Waals surface area contributed by atoms with Crippen LogP contribution in [0.15, 0.2) is 24.6 Å². The van der Waals surface area contributed by atoms with Crippen LogP contribution in [-0.2, 0) is 0 Å². The number of hydrogen-bond acceptors (Lipinski definition) is 0. The zero-order valence-electron chi connectivity index (χ0n) is 13.6. The minimum atomic E-state index is -1.33. The van der Waals surface area contributed by atoms with Gasteiger partial charge in [-0.15, -0.1) is 13.2 Å². The average molecular weight is 281 g/mol. The molecule has 0 atom stereocenters. The molecule has 0 aromatic carbocycles. The first kappa shape index (κ1) is 18.7. The number of rotatable bonds is 14. The summed E-state index contributed by atoms with van der Waals surface area (Å²) in [5.41, 5.74) is 4.57. The summed E-state index contributed by atoms with van der Waals surface area (Å²) in [6, 6.07) is 2.77. The molecule has 0 rings (SSSR count). The van der Waals surface area contributed by atoms with E-state index in [1.807, 2.05) is 0 Å². The minimum absolute atomic E-state index is 1.32. The van der Waals surface area contributed by atoms with Gasteiger partial charge in [0.25, 0.3) is 0 Å². The Bertz CT molecular complexity index is 212. The van der Waals surface area contributed by atoms with Crippen molar-refractivity contribution in [1.29, 1.82) is 0 Å². The Kier molecular flexibility index (Phi) is 12.5. The number of unbranched alkanes of at least 4 members (excludes halogenated alkanes) is 8. The zero-order valence-corrected chi connectivity index (χ0v) is 14.6. The highest BCUT2D eigenvalue weighted by molar-refractivity contribution is 6.88. The maximum atomic E-state index is 4.11. The van der Waals surface area contributed by atoms with Crippen molar-refractivity contribution in [2.24, 2.45) is 0 Å². The standard InChI is InChI=1S/C18H36Si/c1-5-9-11-12-13-14-16-18-19(7-3,8-4)17-15-10-6-2/h7-8H,3-6,9-18H2,1-2H3. The molecule has 0 unspecified atom stereocenters. The average Bonchev–Trinajstić information content (AvgIpc) is 2.45. The van der Waals surface area contributed by atoms with E-state index in [9.17, 15) is 0 Å². The first-order valence-corrected chi connectivity index (χ1v) is 11.1. The van der Waals surface area contributed by atoms with Gasteiger partial charge in [-0.3, -0.25) is 0 Å². The fourth-order valence-electron chi connectivity index (χ4n) is 2.73. The van der Waals surface area contributed by atoms with Gasteiger partial charge in [0.05, 0.1) is 0 Å². The van der Waals surface area contributed by atoms with E-state index in [2.05, 4.69) is 38.4 Å². The van der Waals surface area contributed by atoms with Crippen LogP contribution in [0.5, 0.6) is 0 Å². The molecule has 0 aliphatic carbocycles. The van der Waals surface area contributed by atoms with Crippen molar-refractivity contribution >= 4 is 8.07 Å². The summed E-state index contributed by atoms with van der Waals surface area (Å²) in [6.07, 6.45) is 13.9. The Morgan fingerprint density at radius 1 is 0.632 bits per heavy atom. The second-order valence-corrected chi connectivity index (χ2v) is 10.3. The van der Waals surface area contributed by atoms with Gasteiger partial charge in [0.15, 0.2) is 0 Å². The highest BCUT2D eigenvalue weighted by Crippen LogP contribution is 2.25. The van der Waals surface area contributed by atoms with Crippen molar-refractivity contribution in [3.8, 4) is 0 Å². The highest BCUT2D eigenvalue weighted by Gasteiger charge is 2.24. The molecule has 0 aliphatic rings. The van der Waals surface area contributed by atoms with E-state index in [1.54, 1.807) is 0 Å². The molecule has 0 bridgehead atoms. The Balaban J connectivity index is 3.80. The minimum Gasteiger partial charge on any atom is -0.107 e. The van der Waals surface area contributed by atoms with Crippen LogP contribution in [0.3, 0.4) is 0 Å². The van der Waals surface area contributed by atoms with Crippen molar-refractivity contribution in [3.63, 3.8) is 0 Å². The van der Waals surface area contributed by atoms with Crippen LogP contribution >= 0.6 is 0 Å². The van der Waals surface area contributed by atoms with Crippen LogP contribution in [0, 0.1) is 0 Å². The molecule has 0 radical (unpaired) electrons. The van der Waals surface area contributed by atoms with E-state index in [0.717, 1.165) is 0 Å². The van der Waals surface area contributed by atoms with E-state index in [0.29, 0.717) is 0 Å². The Morgan fingerprint density at radius 2 is 1.00 bits per heavy atom. The lowest BCUT2D eigenvalue weighted by Crippen LogP contribution is -2.29. The molecule has 0 aliphatic heterocycles. The molecule has 0 saturated carbocycles. The van der Waals surface area contributed by atoms with Crippen LogP contribution in [-0.4, -0.2) is 8.07 Å². The van der Waals surface area contributed by atoms with Gasteiger partial charge in [0.1, 0.15) is 8.07 Å². The van der Waals surface area contributed by atoms with Crippen molar-refractivity contribution in [3.05, 3.63) is 24.6 Å². The predicted molar refractivity (Wildman–Crippen MR) is 93.3 cm³/mol. The van der Waals surface area contributed by atoms with Gasteiger partial charge in [-0.05, 0) is 0 Å². The molecule has 0 spiro atoms. The topological polar surface area (TPSA) is 0 Å². The van der Waals surface area contributed by atoms with E-state index in [-0.39, 0.29) is 0 Å². The Hall–Kier alpha value is -0.303. The molecule has 0 N–H and O–H groups in total. The number of hydrogen-bond donors (Lipinski definition) is 0. The monoisotopic (exact) mass is 280 g/mol. The fourth-order valence-corrected chi connectivity index (χ4v) is 5.78. The lowest BCUT2D eigenvalue weighted by Gasteiger charge is -2.24. The van der Waals surface area contributed by atoms with Crippen molar-refractivity contribution in [1.82, 2.24) is 0 Å². The first-order chi connectivity index (χ1) is 9.24. The fraction of sp³-hybridized carbons (Fsp3) is 0.778. The maximum Gasteiger partial charge on any atom is 0.100 e. The zero-order chi connectivity index (χ0) is 14.4. The summed E-state index contributed by atoms with van der Waals surface area (Å²) >= 11 is 0. The van der Waals surface area contributed by atoms with Crippen molar-refractivity contribution < 1.29 is 0 Å². The molecule has 0 aromatic rings. The first-order valence-electron chi connectivity index (χ1n) is 8.52. The second kappa shape index (κ2) is 12.7. The third-order valence-corrected chi connectivity index (χ3v) is 8.50. The molecule has 0 amide bonds. The van der Waals surface area contributed by atoms with E-state index in [4.69, 9.17) is 0 Å². The largest absolute Gasteiger partial charge is 0.107 e. The molecule has 0 saturated heterocycles. The third-order valence-electron chi connectivity index (χ3n) is 4.30. The highest BCUT2D eigenvalue weighted by atomic mass is 28.3. The molecule has 0 fully saturated rings. The van der Waals surface area contributed by atoms with E-state index < -0.39 is 8.07 Å². The summed E-state index contributed by atoms with van der Waals surface area (Å²) in [6.45, 7) is 12.8. The van der Waals surface area contributed by atoms with Gasteiger partial charge in [-0.25, -0.2) is 0 Å². The van der Waals surface area contributed by atoms with E-state index >= 15 is 0 Å². The van der Waals surface area contributed by atoms with Crippen LogP contribution in [0.25, 0.3) is 0 Å². The third kappa shape index (κ3) is 9.26. The van der Waals surface area contributed by atoms with Gasteiger partial charge >= 0.3 is 0 Å². The predicted octanol–water partition coefficient (Wildman–Crippen LogP) is 6.83. The van der Waals surface area contributed by atoms with Gasteiger partial charge in [-0.2, -0.15) is 0 Å². The van der Waals surface area contributed by atoms with Gasteiger partial charge in [-0.1, -0.05) is 102 Å². The van der Waals surface area contributed by atoms with Crippen LogP contribution < -0.4 is 0 Å².